The molecule has 0 spiro atoms. The van der Waals surface area contributed by atoms with E-state index in [4.69, 9.17) is 17.3 Å². The van der Waals surface area contributed by atoms with Gasteiger partial charge in [-0.15, -0.1) is 0 Å². The van der Waals surface area contributed by atoms with Crippen LogP contribution in [0.5, 0.6) is 0 Å². The van der Waals surface area contributed by atoms with Gasteiger partial charge >= 0.3 is 0 Å². The molecule has 2 aromatic carbocycles. The van der Waals surface area contributed by atoms with Crippen molar-refractivity contribution < 1.29 is 4.79 Å². The Hall–Kier alpha value is -1.52. The summed E-state index contributed by atoms with van der Waals surface area (Å²) in [5.41, 5.74) is 8.23. The van der Waals surface area contributed by atoms with Crippen molar-refractivity contribution >= 4 is 44.8 Å². The first-order valence-corrected chi connectivity index (χ1v) is 6.77. The largest absolute Gasteiger partial charge is 0.399 e. The van der Waals surface area contributed by atoms with E-state index in [1.807, 2.05) is 25.1 Å². The number of benzene rings is 2. The van der Waals surface area contributed by atoms with E-state index in [0.717, 1.165) is 15.7 Å². The van der Waals surface area contributed by atoms with Gasteiger partial charge in [0, 0.05) is 15.8 Å². The molecule has 3 N–H and O–H groups in total. The number of carbonyl (C=O) groups is 1. The Balaban J connectivity index is 2.30. The van der Waals surface area contributed by atoms with Crippen LogP contribution in [0.4, 0.5) is 11.4 Å². The van der Waals surface area contributed by atoms with E-state index in [1.54, 1.807) is 18.2 Å². The summed E-state index contributed by atoms with van der Waals surface area (Å²) in [6.45, 7) is 1.92. The van der Waals surface area contributed by atoms with Crippen LogP contribution in [0.3, 0.4) is 0 Å². The lowest BCUT2D eigenvalue weighted by Crippen LogP contribution is -2.13. The van der Waals surface area contributed by atoms with E-state index < -0.39 is 0 Å². The molecule has 0 aliphatic rings. The molecule has 0 unspecified atom stereocenters. The summed E-state index contributed by atoms with van der Waals surface area (Å²) >= 11 is 9.37. The van der Waals surface area contributed by atoms with Crippen molar-refractivity contribution in [3.8, 4) is 0 Å². The van der Waals surface area contributed by atoms with Gasteiger partial charge in [0.2, 0.25) is 0 Å². The van der Waals surface area contributed by atoms with Crippen LogP contribution >= 0.6 is 27.5 Å². The Kier molecular flexibility index (Phi) is 4.12. The van der Waals surface area contributed by atoms with Crippen LogP contribution in [-0.2, 0) is 0 Å². The quantitative estimate of drug-likeness (QED) is 0.804. The van der Waals surface area contributed by atoms with E-state index >= 15 is 0 Å². The highest BCUT2D eigenvalue weighted by atomic mass is 79.9. The molecule has 0 aliphatic heterocycles. The van der Waals surface area contributed by atoms with Gasteiger partial charge in [0.1, 0.15) is 0 Å². The Morgan fingerprint density at radius 1 is 1.26 bits per heavy atom. The standard InChI is InChI=1S/C14H12BrClN2O/c1-8-2-3-9(15)6-13(8)18-14(19)11-7-10(17)4-5-12(11)16/h2-7H,17H2,1H3,(H,18,19). The highest BCUT2D eigenvalue weighted by molar-refractivity contribution is 9.10. The molecule has 19 heavy (non-hydrogen) atoms. The zero-order chi connectivity index (χ0) is 14.0. The predicted molar refractivity (Wildman–Crippen MR) is 82.7 cm³/mol. The first kappa shape index (κ1) is 13.9. The van der Waals surface area contributed by atoms with Gasteiger partial charge in [-0.05, 0) is 42.8 Å². The third kappa shape index (κ3) is 3.28. The van der Waals surface area contributed by atoms with E-state index in [0.29, 0.717) is 16.3 Å². The average molecular weight is 340 g/mol. The monoisotopic (exact) mass is 338 g/mol. The smallest absolute Gasteiger partial charge is 0.257 e. The third-order valence-corrected chi connectivity index (χ3v) is 3.51. The minimum absolute atomic E-state index is 0.279. The molecule has 0 saturated heterocycles. The van der Waals surface area contributed by atoms with Crippen LogP contribution in [0.15, 0.2) is 40.9 Å². The zero-order valence-corrected chi connectivity index (χ0v) is 12.5. The molecule has 5 heteroatoms. The van der Waals surface area contributed by atoms with Crippen molar-refractivity contribution in [2.24, 2.45) is 0 Å². The van der Waals surface area contributed by atoms with Crippen LogP contribution in [0, 0.1) is 6.92 Å². The lowest BCUT2D eigenvalue weighted by atomic mass is 10.1. The minimum Gasteiger partial charge on any atom is -0.399 e. The van der Waals surface area contributed by atoms with Crippen LogP contribution in [0.1, 0.15) is 15.9 Å². The van der Waals surface area contributed by atoms with Crippen molar-refractivity contribution in [1.82, 2.24) is 0 Å². The predicted octanol–water partition coefficient (Wildman–Crippen LogP) is 4.25. The number of hydrogen-bond acceptors (Lipinski definition) is 2. The molecule has 0 heterocycles. The number of amides is 1. The van der Waals surface area contributed by atoms with Gasteiger partial charge in [-0.2, -0.15) is 0 Å². The summed E-state index contributed by atoms with van der Waals surface area (Å²) in [6.07, 6.45) is 0. The third-order valence-electron chi connectivity index (χ3n) is 2.68. The number of halogens is 2. The molecular weight excluding hydrogens is 328 g/mol. The molecule has 98 valence electrons. The van der Waals surface area contributed by atoms with Gasteiger partial charge in [0.05, 0.1) is 10.6 Å². The van der Waals surface area contributed by atoms with E-state index in [2.05, 4.69) is 21.2 Å². The van der Waals surface area contributed by atoms with Gasteiger partial charge in [0.25, 0.3) is 5.91 Å². The van der Waals surface area contributed by atoms with E-state index in [1.165, 1.54) is 0 Å². The molecular formula is C14H12BrClN2O. The molecule has 0 radical (unpaired) electrons. The van der Waals surface area contributed by atoms with Crippen molar-refractivity contribution in [2.75, 3.05) is 11.1 Å². The minimum atomic E-state index is -0.279. The highest BCUT2D eigenvalue weighted by Crippen LogP contribution is 2.24. The van der Waals surface area contributed by atoms with Crippen molar-refractivity contribution in [2.45, 2.75) is 6.92 Å². The first-order chi connectivity index (χ1) is 8.97. The molecule has 3 nitrogen and oxygen atoms in total. The fourth-order valence-corrected chi connectivity index (χ4v) is 2.20. The maximum atomic E-state index is 12.2. The number of rotatable bonds is 2. The van der Waals surface area contributed by atoms with Gasteiger partial charge in [-0.1, -0.05) is 33.6 Å². The Bertz CT molecular complexity index is 643. The molecule has 0 atom stereocenters. The van der Waals surface area contributed by atoms with Crippen LogP contribution in [0.25, 0.3) is 0 Å². The van der Waals surface area contributed by atoms with Crippen LogP contribution in [-0.4, -0.2) is 5.91 Å². The lowest BCUT2D eigenvalue weighted by Gasteiger charge is -2.10. The maximum Gasteiger partial charge on any atom is 0.257 e. The Labute approximate surface area is 124 Å². The molecule has 0 aliphatic carbocycles. The van der Waals surface area contributed by atoms with Crippen molar-refractivity contribution in [3.05, 3.63) is 57.0 Å². The number of carbonyl (C=O) groups excluding carboxylic acids is 1. The molecule has 2 aromatic rings. The number of aryl methyl sites for hydroxylation is 1. The molecule has 0 aromatic heterocycles. The van der Waals surface area contributed by atoms with Gasteiger partial charge in [-0.3, -0.25) is 4.79 Å². The summed E-state index contributed by atoms with van der Waals surface area (Å²) in [7, 11) is 0. The first-order valence-electron chi connectivity index (χ1n) is 5.60. The molecule has 1 amide bonds. The molecule has 2 rings (SSSR count). The average Bonchev–Trinajstić information content (AvgIpc) is 2.36. The van der Waals surface area contributed by atoms with Gasteiger partial charge in [0.15, 0.2) is 0 Å². The Morgan fingerprint density at radius 3 is 2.74 bits per heavy atom. The second kappa shape index (κ2) is 5.63. The van der Waals surface area contributed by atoms with Gasteiger partial charge < -0.3 is 11.1 Å². The second-order valence-electron chi connectivity index (χ2n) is 4.15. The zero-order valence-electron chi connectivity index (χ0n) is 10.2. The van der Waals surface area contributed by atoms with Crippen molar-refractivity contribution in [3.63, 3.8) is 0 Å². The summed E-state index contributed by atoms with van der Waals surface area (Å²) in [6, 6.07) is 10.5. The van der Waals surface area contributed by atoms with Gasteiger partial charge in [-0.25, -0.2) is 0 Å². The summed E-state index contributed by atoms with van der Waals surface area (Å²) in [5, 5.41) is 3.20. The number of hydrogen-bond donors (Lipinski definition) is 2. The summed E-state index contributed by atoms with van der Waals surface area (Å²) in [5.74, 6) is -0.279. The number of anilines is 2. The second-order valence-corrected chi connectivity index (χ2v) is 5.48. The normalized spacial score (nSPS) is 10.3. The van der Waals surface area contributed by atoms with E-state index in [9.17, 15) is 4.79 Å². The molecule has 0 saturated carbocycles. The van der Waals surface area contributed by atoms with Crippen molar-refractivity contribution in [1.29, 1.82) is 0 Å². The van der Waals surface area contributed by atoms with E-state index in [-0.39, 0.29) is 5.91 Å². The fourth-order valence-electron chi connectivity index (χ4n) is 1.64. The maximum absolute atomic E-state index is 12.2. The van der Waals surface area contributed by atoms with Crippen LogP contribution in [0.2, 0.25) is 5.02 Å². The Morgan fingerprint density at radius 2 is 2.00 bits per heavy atom. The number of nitrogens with two attached hydrogens (primary N) is 1. The molecule has 0 fully saturated rings. The SMILES string of the molecule is Cc1ccc(Br)cc1NC(=O)c1cc(N)ccc1Cl. The topological polar surface area (TPSA) is 55.1 Å². The highest BCUT2D eigenvalue weighted by Gasteiger charge is 2.12. The fraction of sp³-hybridized carbons (Fsp3) is 0.0714. The lowest BCUT2D eigenvalue weighted by molar-refractivity contribution is 0.102. The van der Waals surface area contributed by atoms with Crippen LogP contribution < -0.4 is 11.1 Å². The number of nitrogen functional groups attached to an aromatic ring is 1. The summed E-state index contributed by atoms with van der Waals surface area (Å²) in [4.78, 5) is 12.2. The summed E-state index contributed by atoms with van der Waals surface area (Å²) < 4.78 is 0.895. The molecule has 0 bridgehead atoms. The number of nitrogens with one attached hydrogen (secondary N) is 1.